The van der Waals surface area contributed by atoms with E-state index in [2.05, 4.69) is 20.6 Å². The first kappa shape index (κ1) is 26.0. The van der Waals surface area contributed by atoms with Crippen LogP contribution in [0, 0.1) is 0 Å². The Kier molecular flexibility index (Phi) is 7.60. The van der Waals surface area contributed by atoms with Crippen molar-refractivity contribution in [3.63, 3.8) is 0 Å². The lowest BCUT2D eigenvalue weighted by atomic mass is 10.1. The third-order valence-corrected chi connectivity index (χ3v) is 6.21. The summed E-state index contributed by atoms with van der Waals surface area (Å²) in [6.07, 6.45) is 5.27. The molecule has 200 valence electrons. The van der Waals surface area contributed by atoms with E-state index in [9.17, 15) is 4.79 Å². The van der Waals surface area contributed by atoms with E-state index in [0.29, 0.717) is 36.6 Å². The van der Waals surface area contributed by atoms with Gasteiger partial charge >= 0.3 is 0 Å². The summed E-state index contributed by atoms with van der Waals surface area (Å²) in [5.41, 5.74) is 1.21. The molecule has 1 saturated heterocycles. The third kappa shape index (κ3) is 6.10. The second-order valence-corrected chi connectivity index (χ2v) is 9.41. The number of hydrogen-bond donors (Lipinski definition) is 2. The van der Waals surface area contributed by atoms with Crippen LogP contribution in [0.2, 0.25) is 0 Å². The molecule has 1 amide bonds. The average molecular weight is 526 g/mol. The van der Waals surface area contributed by atoms with E-state index in [0.717, 1.165) is 28.4 Å². The maximum atomic E-state index is 12.5. The van der Waals surface area contributed by atoms with Crippen molar-refractivity contribution >= 4 is 34.0 Å². The highest BCUT2D eigenvalue weighted by Crippen LogP contribution is 2.37. The highest BCUT2D eigenvalue weighted by Gasteiger charge is 2.38. The lowest BCUT2D eigenvalue weighted by molar-refractivity contribution is -0.111. The molecule has 5 rings (SSSR count). The highest BCUT2D eigenvalue weighted by molar-refractivity contribution is 6.03. The van der Waals surface area contributed by atoms with Gasteiger partial charge in [0.15, 0.2) is 0 Å². The van der Waals surface area contributed by atoms with E-state index >= 15 is 0 Å². The van der Waals surface area contributed by atoms with E-state index in [4.69, 9.17) is 14.2 Å². The normalized spacial score (nSPS) is 16.8. The van der Waals surface area contributed by atoms with E-state index in [1.807, 2.05) is 85.7 Å². The Morgan fingerprint density at radius 1 is 1.05 bits per heavy atom. The molecule has 3 aromatic carbocycles. The molecule has 9 nitrogen and oxygen atoms in total. The molecule has 0 unspecified atom stereocenters. The SMILES string of the molecule is C/C=C/C(=O)Nc1cc2c(N(C)C)ncnc2cc1O[C@@]1(Nc2ccc(Oc3ccccc3)cc2)CCOC1. The molecule has 1 atom stereocenters. The van der Waals surface area contributed by atoms with E-state index < -0.39 is 5.72 Å². The number of para-hydroxylation sites is 1. The van der Waals surface area contributed by atoms with Crippen LogP contribution < -0.4 is 25.0 Å². The number of anilines is 3. The third-order valence-electron chi connectivity index (χ3n) is 6.21. The zero-order valence-corrected chi connectivity index (χ0v) is 22.2. The molecule has 0 spiro atoms. The van der Waals surface area contributed by atoms with Crippen molar-refractivity contribution in [2.75, 3.05) is 42.8 Å². The fourth-order valence-electron chi connectivity index (χ4n) is 4.39. The Morgan fingerprint density at radius 2 is 1.82 bits per heavy atom. The maximum Gasteiger partial charge on any atom is 0.248 e. The summed E-state index contributed by atoms with van der Waals surface area (Å²) in [6, 6.07) is 21.0. The van der Waals surface area contributed by atoms with Gasteiger partial charge < -0.3 is 29.7 Å². The highest BCUT2D eigenvalue weighted by atomic mass is 16.6. The van der Waals surface area contributed by atoms with Gasteiger partial charge in [0, 0.05) is 37.7 Å². The number of nitrogens with zero attached hydrogens (tertiary/aromatic N) is 3. The summed E-state index contributed by atoms with van der Waals surface area (Å²) >= 11 is 0. The smallest absolute Gasteiger partial charge is 0.248 e. The summed E-state index contributed by atoms with van der Waals surface area (Å²) in [5.74, 6) is 2.45. The Morgan fingerprint density at radius 3 is 2.51 bits per heavy atom. The molecule has 1 aliphatic heterocycles. The van der Waals surface area contributed by atoms with Crippen LogP contribution in [0.15, 0.2) is 85.2 Å². The van der Waals surface area contributed by atoms with Gasteiger partial charge in [0.1, 0.15) is 36.0 Å². The first-order chi connectivity index (χ1) is 18.9. The minimum atomic E-state index is -0.854. The van der Waals surface area contributed by atoms with Crippen LogP contribution in [-0.4, -0.2) is 48.9 Å². The Bertz CT molecular complexity index is 1470. The standard InChI is InChI=1S/C30H31N5O4/c1-4-8-28(36)33-26-17-24-25(31-20-32-29(24)35(2)3)18-27(26)39-30(15-16-37-19-30)34-21-11-13-23(14-12-21)38-22-9-6-5-7-10-22/h4-14,17-18,20,34H,15-16,19H2,1-3H3,(H,33,36)/b8-4+/t30-/m0/s1. The zero-order chi connectivity index (χ0) is 27.2. The molecule has 0 radical (unpaired) electrons. The number of fused-ring (bicyclic) bond motifs is 1. The van der Waals surface area contributed by atoms with Crippen LogP contribution in [0.5, 0.6) is 17.2 Å². The summed E-state index contributed by atoms with van der Waals surface area (Å²) < 4.78 is 18.3. The number of ether oxygens (including phenoxy) is 3. The predicted octanol–water partition coefficient (Wildman–Crippen LogP) is 5.61. The molecule has 1 fully saturated rings. The molecule has 2 heterocycles. The quantitative estimate of drug-likeness (QED) is 0.215. The molecule has 1 aromatic heterocycles. The van der Waals surface area contributed by atoms with E-state index in [1.165, 1.54) is 12.4 Å². The van der Waals surface area contributed by atoms with Crippen molar-refractivity contribution < 1.29 is 19.0 Å². The van der Waals surface area contributed by atoms with Crippen LogP contribution in [0.25, 0.3) is 10.9 Å². The van der Waals surface area contributed by atoms with Crippen molar-refractivity contribution in [2.45, 2.75) is 19.1 Å². The first-order valence-electron chi connectivity index (χ1n) is 12.7. The van der Waals surface area contributed by atoms with Gasteiger partial charge in [-0.3, -0.25) is 4.79 Å². The van der Waals surface area contributed by atoms with Crippen LogP contribution in [-0.2, 0) is 9.53 Å². The fourth-order valence-corrected chi connectivity index (χ4v) is 4.39. The van der Waals surface area contributed by atoms with Crippen molar-refractivity contribution in [1.82, 2.24) is 9.97 Å². The molecule has 39 heavy (non-hydrogen) atoms. The van der Waals surface area contributed by atoms with Crippen LogP contribution >= 0.6 is 0 Å². The monoisotopic (exact) mass is 525 g/mol. The van der Waals surface area contributed by atoms with Crippen molar-refractivity contribution in [3.8, 4) is 17.2 Å². The van der Waals surface area contributed by atoms with Gasteiger partial charge in [0.05, 0.1) is 17.8 Å². The summed E-state index contributed by atoms with van der Waals surface area (Å²) in [7, 11) is 3.82. The molecular formula is C30H31N5O4. The fraction of sp³-hybridized carbons (Fsp3) is 0.233. The van der Waals surface area contributed by atoms with Crippen molar-refractivity contribution in [3.05, 3.63) is 85.2 Å². The number of allylic oxidation sites excluding steroid dienone is 1. The minimum absolute atomic E-state index is 0.261. The first-order valence-corrected chi connectivity index (χ1v) is 12.7. The van der Waals surface area contributed by atoms with E-state index in [-0.39, 0.29) is 5.91 Å². The summed E-state index contributed by atoms with van der Waals surface area (Å²) in [5, 5.41) is 7.25. The predicted molar refractivity (Wildman–Crippen MR) is 153 cm³/mol. The lowest BCUT2D eigenvalue weighted by Crippen LogP contribution is -2.45. The zero-order valence-electron chi connectivity index (χ0n) is 22.2. The number of amides is 1. The Balaban J connectivity index is 1.44. The maximum absolute atomic E-state index is 12.5. The molecule has 2 N–H and O–H groups in total. The number of carbonyl (C=O) groups excluding carboxylic acids is 1. The van der Waals surface area contributed by atoms with Crippen LogP contribution in [0.4, 0.5) is 17.2 Å². The second-order valence-electron chi connectivity index (χ2n) is 9.41. The van der Waals surface area contributed by atoms with E-state index in [1.54, 1.807) is 13.0 Å². The number of rotatable bonds is 9. The number of benzene rings is 3. The van der Waals surface area contributed by atoms with Gasteiger partial charge in [-0.2, -0.15) is 0 Å². The number of carbonyl (C=O) groups is 1. The van der Waals surface area contributed by atoms with Gasteiger partial charge in [0.25, 0.3) is 0 Å². The minimum Gasteiger partial charge on any atom is -0.463 e. The number of aromatic nitrogens is 2. The molecule has 0 aliphatic carbocycles. The number of nitrogens with one attached hydrogen (secondary N) is 2. The summed E-state index contributed by atoms with van der Waals surface area (Å²) in [6.45, 7) is 2.64. The number of hydrogen-bond acceptors (Lipinski definition) is 8. The Hall–Kier alpha value is -4.63. The van der Waals surface area contributed by atoms with Crippen molar-refractivity contribution in [1.29, 1.82) is 0 Å². The average Bonchev–Trinajstić information content (AvgIpc) is 3.38. The molecule has 4 aromatic rings. The van der Waals surface area contributed by atoms with Gasteiger partial charge in [0.2, 0.25) is 11.6 Å². The van der Waals surface area contributed by atoms with Gasteiger partial charge in [-0.1, -0.05) is 24.3 Å². The van der Waals surface area contributed by atoms with Gasteiger partial charge in [-0.25, -0.2) is 9.97 Å². The summed E-state index contributed by atoms with van der Waals surface area (Å²) in [4.78, 5) is 23.3. The van der Waals surface area contributed by atoms with Crippen molar-refractivity contribution in [2.24, 2.45) is 0 Å². The van der Waals surface area contributed by atoms with Crippen LogP contribution in [0.1, 0.15) is 13.3 Å². The molecular weight excluding hydrogens is 494 g/mol. The van der Waals surface area contributed by atoms with Gasteiger partial charge in [-0.15, -0.1) is 0 Å². The molecule has 9 heteroatoms. The Labute approximate surface area is 227 Å². The molecule has 1 aliphatic rings. The lowest BCUT2D eigenvalue weighted by Gasteiger charge is -2.32. The molecule has 0 bridgehead atoms. The molecule has 0 saturated carbocycles. The largest absolute Gasteiger partial charge is 0.463 e. The van der Waals surface area contributed by atoms with Gasteiger partial charge in [-0.05, 0) is 55.5 Å². The topological polar surface area (TPSA) is 97.8 Å². The van der Waals surface area contributed by atoms with Crippen LogP contribution in [0.3, 0.4) is 0 Å². The second kappa shape index (κ2) is 11.4.